The van der Waals surface area contributed by atoms with Crippen LogP contribution in [0.4, 0.5) is 11.6 Å². The van der Waals surface area contributed by atoms with Crippen LogP contribution in [0.3, 0.4) is 0 Å². The van der Waals surface area contributed by atoms with Crippen molar-refractivity contribution in [2.45, 2.75) is 51.2 Å². The van der Waals surface area contributed by atoms with Crippen molar-refractivity contribution in [1.82, 2.24) is 25.7 Å². The molecule has 1 atom stereocenters. The van der Waals surface area contributed by atoms with E-state index in [0.717, 1.165) is 66.4 Å². The number of amides is 1. The van der Waals surface area contributed by atoms with Gasteiger partial charge < -0.3 is 20.1 Å². The van der Waals surface area contributed by atoms with Crippen molar-refractivity contribution in [3.63, 3.8) is 0 Å². The van der Waals surface area contributed by atoms with Crippen LogP contribution in [0, 0.1) is 0 Å². The number of piperidine rings is 2. The molecular weight excluding hydrogens is 536 g/mol. The molecule has 2 saturated heterocycles. The number of carbonyl (C=O) groups excluding carboxylic acids is 1. The van der Waals surface area contributed by atoms with Crippen molar-refractivity contribution in [2.24, 2.45) is 0 Å². The maximum absolute atomic E-state index is 12.9. The Bertz CT molecular complexity index is 1270. The summed E-state index contributed by atoms with van der Waals surface area (Å²) < 4.78 is 12.8. The van der Waals surface area contributed by atoms with E-state index in [1.165, 1.54) is 6.42 Å². The molecule has 1 aromatic heterocycles. The van der Waals surface area contributed by atoms with Gasteiger partial charge >= 0.3 is 0 Å². The normalized spacial score (nSPS) is 18.9. The Morgan fingerprint density at radius 1 is 1.14 bits per heavy atom. The first-order chi connectivity index (χ1) is 18.0. The van der Waals surface area contributed by atoms with Crippen LogP contribution >= 0.6 is 15.9 Å². The summed E-state index contributed by atoms with van der Waals surface area (Å²) in [6.07, 6.45) is 7.22. The van der Waals surface area contributed by atoms with Gasteiger partial charge in [-0.15, -0.1) is 0 Å². The standard InChI is InChI=1S/C27H33BrN6O3/c1-17-5-3-4-14-34(17)33-26(35)18-6-8-22(24(15-18)36-2)31-27-30-16-20-21(28)7-9-23(25(20)32-27)37-19-10-12-29-13-11-19/h6-9,15-17,19,29H,3-5,10-14H2,1-2H3,(H,33,35)(H,30,31,32). The number of methoxy groups -OCH3 is 1. The van der Waals surface area contributed by atoms with E-state index >= 15 is 0 Å². The lowest BCUT2D eigenvalue weighted by Crippen LogP contribution is -2.49. The highest BCUT2D eigenvalue weighted by Gasteiger charge is 2.22. The molecule has 9 nitrogen and oxygen atoms in total. The third-order valence-electron chi connectivity index (χ3n) is 7.00. The molecule has 2 aliphatic rings. The summed E-state index contributed by atoms with van der Waals surface area (Å²) in [4.78, 5) is 22.2. The molecule has 1 unspecified atom stereocenters. The second-order valence-electron chi connectivity index (χ2n) is 9.59. The number of nitrogens with one attached hydrogen (secondary N) is 3. The minimum absolute atomic E-state index is 0.148. The van der Waals surface area contributed by atoms with Crippen LogP contribution in [0.15, 0.2) is 41.0 Å². The van der Waals surface area contributed by atoms with Gasteiger partial charge in [0.05, 0.1) is 12.8 Å². The van der Waals surface area contributed by atoms with Crippen molar-refractivity contribution in [1.29, 1.82) is 0 Å². The SMILES string of the molecule is COc1cc(C(=O)NN2CCCCC2C)ccc1Nc1ncc2c(Br)ccc(OC3CCNCC3)c2n1. The highest BCUT2D eigenvalue weighted by atomic mass is 79.9. The zero-order chi connectivity index (χ0) is 25.8. The molecule has 2 aromatic carbocycles. The van der Waals surface area contributed by atoms with Crippen LogP contribution in [0.1, 0.15) is 49.4 Å². The van der Waals surface area contributed by atoms with Gasteiger partial charge in [-0.1, -0.05) is 22.4 Å². The van der Waals surface area contributed by atoms with Gasteiger partial charge in [0.1, 0.15) is 23.1 Å². The van der Waals surface area contributed by atoms with E-state index < -0.39 is 0 Å². The van der Waals surface area contributed by atoms with E-state index in [1.54, 1.807) is 25.4 Å². The Kier molecular flexibility index (Phi) is 8.07. The number of rotatable bonds is 7. The van der Waals surface area contributed by atoms with Crippen LogP contribution < -0.4 is 25.5 Å². The molecule has 5 rings (SSSR count). The molecule has 196 valence electrons. The fraction of sp³-hybridized carbons (Fsp3) is 0.444. The number of nitrogens with zero attached hydrogens (tertiary/aromatic N) is 3. The fourth-order valence-corrected chi connectivity index (χ4v) is 5.25. The highest BCUT2D eigenvalue weighted by molar-refractivity contribution is 9.10. The van der Waals surface area contributed by atoms with Crippen LogP contribution in [-0.4, -0.2) is 59.8 Å². The summed E-state index contributed by atoms with van der Waals surface area (Å²) in [5, 5.41) is 9.52. The maximum Gasteiger partial charge on any atom is 0.265 e. The Morgan fingerprint density at radius 2 is 1.97 bits per heavy atom. The van der Waals surface area contributed by atoms with Crippen molar-refractivity contribution in [2.75, 3.05) is 32.1 Å². The number of anilines is 2. The minimum atomic E-state index is -0.148. The lowest BCUT2D eigenvalue weighted by Gasteiger charge is -2.33. The van der Waals surface area contributed by atoms with Gasteiger partial charge in [0.25, 0.3) is 5.91 Å². The number of halogens is 1. The van der Waals surface area contributed by atoms with E-state index in [1.807, 2.05) is 23.2 Å². The smallest absolute Gasteiger partial charge is 0.265 e. The van der Waals surface area contributed by atoms with E-state index in [-0.39, 0.29) is 12.0 Å². The first-order valence-electron chi connectivity index (χ1n) is 12.9. The Hall–Kier alpha value is -2.95. The summed E-state index contributed by atoms with van der Waals surface area (Å²) in [6, 6.07) is 9.56. The average molecular weight is 570 g/mol. The van der Waals surface area contributed by atoms with Crippen LogP contribution in [0.5, 0.6) is 11.5 Å². The monoisotopic (exact) mass is 568 g/mol. The van der Waals surface area contributed by atoms with E-state index in [9.17, 15) is 4.79 Å². The summed E-state index contributed by atoms with van der Waals surface area (Å²) in [7, 11) is 1.58. The molecule has 2 aliphatic heterocycles. The van der Waals surface area contributed by atoms with Crippen LogP contribution in [-0.2, 0) is 0 Å². The molecule has 3 aromatic rings. The maximum atomic E-state index is 12.9. The van der Waals surface area contributed by atoms with Gasteiger partial charge in [0, 0.05) is 34.2 Å². The summed E-state index contributed by atoms with van der Waals surface area (Å²) in [5.74, 6) is 1.54. The van der Waals surface area contributed by atoms with Gasteiger partial charge in [-0.2, -0.15) is 0 Å². The molecule has 0 spiro atoms. The second-order valence-corrected chi connectivity index (χ2v) is 10.4. The fourth-order valence-electron chi connectivity index (χ4n) is 4.83. The van der Waals surface area contributed by atoms with Crippen LogP contribution in [0.25, 0.3) is 10.9 Å². The van der Waals surface area contributed by atoms with Crippen molar-refractivity contribution in [3.8, 4) is 11.5 Å². The molecule has 2 fully saturated rings. The topological polar surface area (TPSA) is 101 Å². The predicted octanol–water partition coefficient (Wildman–Crippen LogP) is 4.79. The first kappa shape index (κ1) is 25.7. The highest BCUT2D eigenvalue weighted by Crippen LogP contribution is 2.33. The number of ether oxygens (including phenoxy) is 2. The predicted molar refractivity (Wildman–Crippen MR) is 148 cm³/mol. The number of hydrogen-bond acceptors (Lipinski definition) is 8. The molecule has 0 radical (unpaired) electrons. The molecule has 0 aliphatic carbocycles. The Morgan fingerprint density at radius 3 is 2.76 bits per heavy atom. The Labute approximate surface area is 225 Å². The average Bonchev–Trinajstić information content (AvgIpc) is 2.92. The van der Waals surface area contributed by atoms with Gasteiger partial charge in [0.15, 0.2) is 0 Å². The molecule has 1 amide bonds. The Balaban J connectivity index is 1.36. The number of aromatic nitrogens is 2. The summed E-state index contributed by atoms with van der Waals surface area (Å²) in [6.45, 7) is 4.90. The number of carbonyl (C=O) groups is 1. The minimum Gasteiger partial charge on any atom is -0.495 e. The molecule has 10 heteroatoms. The van der Waals surface area contributed by atoms with Gasteiger partial charge in [-0.3, -0.25) is 10.2 Å². The number of hydrazine groups is 1. The molecule has 3 heterocycles. The second kappa shape index (κ2) is 11.6. The molecule has 0 bridgehead atoms. The van der Waals surface area contributed by atoms with Crippen molar-refractivity contribution in [3.05, 3.63) is 46.6 Å². The van der Waals surface area contributed by atoms with Crippen LogP contribution in [0.2, 0.25) is 0 Å². The van der Waals surface area contributed by atoms with E-state index in [0.29, 0.717) is 29.0 Å². The third-order valence-corrected chi connectivity index (χ3v) is 7.69. The first-order valence-corrected chi connectivity index (χ1v) is 13.7. The number of hydrogen-bond donors (Lipinski definition) is 3. The van der Waals surface area contributed by atoms with Gasteiger partial charge in [-0.25, -0.2) is 15.0 Å². The molecule has 3 N–H and O–H groups in total. The summed E-state index contributed by atoms with van der Waals surface area (Å²) in [5.41, 5.74) is 4.97. The van der Waals surface area contributed by atoms with Crippen molar-refractivity contribution >= 4 is 44.4 Å². The van der Waals surface area contributed by atoms with Gasteiger partial charge in [0.2, 0.25) is 5.95 Å². The van der Waals surface area contributed by atoms with Gasteiger partial charge in [-0.05, 0) is 76.0 Å². The number of fused-ring (bicyclic) bond motifs is 1. The zero-order valence-electron chi connectivity index (χ0n) is 21.2. The third kappa shape index (κ3) is 5.97. The molecular formula is C27H33BrN6O3. The lowest BCUT2D eigenvalue weighted by atomic mass is 10.1. The molecule has 37 heavy (non-hydrogen) atoms. The molecule has 0 saturated carbocycles. The number of benzene rings is 2. The van der Waals surface area contributed by atoms with E-state index in [4.69, 9.17) is 14.5 Å². The van der Waals surface area contributed by atoms with Crippen molar-refractivity contribution < 1.29 is 14.3 Å². The quantitative estimate of drug-likeness (QED) is 0.374. The summed E-state index contributed by atoms with van der Waals surface area (Å²) >= 11 is 3.60. The van der Waals surface area contributed by atoms with E-state index in [2.05, 4.69) is 43.9 Å². The zero-order valence-corrected chi connectivity index (χ0v) is 22.8. The lowest BCUT2D eigenvalue weighted by molar-refractivity contribution is 0.0612. The largest absolute Gasteiger partial charge is 0.495 e.